The number of aromatic amines is 1. The van der Waals surface area contributed by atoms with Gasteiger partial charge in [-0.1, -0.05) is 0 Å². The van der Waals surface area contributed by atoms with Gasteiger partial charge < -0.3 is 20.2 Å². The summed E-state index contributed by atoms with van der Waals surface area (Å²) in [5.41, 5.74) is -0.379. The van der Waals surface area contributed by atoms with E-state index in [1.807, 2.05) is 0 Å². The summed E-state index contributed by atoms with van der Waals surface area (Å²) >= 11 is 0. The third kappa shape index (κ3) is 3.03. The molecule has 1 amide bonds. The average Bonchev–Trinajstić information content (AvgIpc) is 2.78. The second-order valence-corrected chi connectivity index (χ2v) is 3.30. The van der Waals surface area contributed by atoms with Crippen LogP contribution in [0.15, 0.2) is 6.33 Å². The number of aromatic nitrogens is 2. The van der Waals surface area contributed by atoms with Gasteiger partial charge in [-0.3, -0.25) is 4.79 Å². The lowest BCUT2D eigenvalue weighted by molar-refractivity contribution is -0.389. The Labute approximate surface area is 102 Å². The molecule has 9 nitrogen and oxygen atoms in total. The van der Waals surface area contributed by atoms with E-state index >= 15 is 0 Å². The quantitative estimate of drug-likeness (QED) is 0.433. The van der Waals surface area contributed by atoms with Crippen molar-refractivity contribution >= 4 is 17.7 Å². The predicted octanol–water partition coefficient (Wildman–Crippen LogP) is -0.000700. The molecule has 1 heterocycles. The SMILES string of the molecule is CCOC(=O)[C@@H](C)NC(=O)c1nc[nH]c1[N+](=O)[O-]. The average molecular weight is 256 g/mol. The lowest BCUT2D eigenvalue weighted by Crippen LogP contribution is -2.39. The van der Waals surface area contributed by atoms with Crippen molar-refractivity contribution in [2.24, 2.45) is 0 Å². The van der Waals surface area contributed by atoms with Gasteiger partial charge in [0.1, 0.15) is 6.04 Å². The number of H-pyrrole nitrogens is 1. The Bertz CT molecular complexity index is 469. The highest BCUT2D eigenvalue weighted by Crippen LogP contribution is 2.11. The highest BCUT2D eigenvalue weighted by Gasteiger charge is 2.25. The fourth-order valence-corrected chi connectivity index (χ4v) is 1.18. The predicted molar refractivity (Wildman–Crippen MR) is 58.8 cm³/mol. The van der Waals surface area contributed by atoms with Crippen molar-refractivity contribution in [1.82, 2.24) is 15.3 Å². The Morgan fingerprint density at radius 1 is 1.67 bits per heavy atom. The number of rotatable bonds is 5. The molecule has 98 valence electrons. The fourth-order valence-electron chi connectivity index (χ4n) is 1.18. The van der Waals surface area contributed by atoms with E-state index in [-0.39, 0.29) is 12.3 Å². The van der Waals surface area contributed by atoms with Crippen molar-refractivity contribution in [2.75, 3.05) is 6.61 Å². The van der Waals surface area contributed by atoms with Crippen LogP contribution in [0.4, 0.5) is 5.82 Å². The molecule has 18 heavy (non-hydrogen) atoms. The molecule has 2 N–H and O–H groups in total. The molecule has 0 unspecified atom stereocenters. The van der Waals surface area contributed by atoms with Crippen molar-refractivity contribution in [2.45, 2.75) is 19.9 Å². The van der Waals surface area contributed by atoms with Crippen LogP contribution in [0, 0.1) is 10.1 Å². The molecule has 1 atom stereocenters. The topological polar surface area (TPSA) is 127 Å². The van der Waals surface area contributed by atoms with E-state index in [1.165, 1.54) is 6.92 Å². The fraction of sp³-hybridized carbons (Fsp3) is 0.444. The number of hydrogen-bond donors (Lipinski definition) is 2. The first-order valence-corrected chi connectivity index (χ1v) is 5.12. The Morgan fingerprint density at radius 3 is 2.89 bits per heavy atom. The second kappa shape index (κ2) is 5.75. The van der Waals surface area contributed by atoms with Gasteiger partial charge in [0.2, 0.25) is 5.69 Å². The summed E-state index contributed by atoms with van der Waals surface area (Å²) in [6, 6.07) is -0.909. The van der Waals surface area contributed by atoms with E-state index in [4.69, 9.17) is 0 Å². The summed E-state index contributed by atoms with van der Waals surface area (Å²) in [5, 5.41) is 12.8. The molecule has 0 spiro atoms. The number of amides is 1. The van der Waals surface area contributed by atoms with Crippen LogP contribution in [0.5, 0.6) is 0 Å². The Hall–Kier alpha value is -2.45. The van der Waals surface area contributed by atoms with Crippen LogP contribution in [-0.4, -0.2) is 39.4 Å². The highest BCUT2D eigenvalue weighted by molar-refractivity contribution is 5.97. The summed E-state index contributed by atoms with van der Waals surface area (Å²) in [6.45, 7) is 3.22. The van der Waals surface area contributed by atoms with Gasteiger partial charge in [-0.2, -0.15) is 0 Å². The van der Waals surface area contributed by atoms with Crippen LogP contribution in [0.2, 0.25) is 0 Å². The number of carbonyl (C=O) groups excluding carboxylic acids is 2. The number of nitro groups is 1. The van der Waals surface area contributed by atoms with Gasteiger partial charge in [-0.25, -0.2) is 14.8 Å². The van der Waals surface area contributed by atoms with Gasteiger partial charge in [0.25, 0.3) is 5.91 Å². The minimum Gasteiger partial charge on any atom is -0.464 e. The van der Waals surface area contributed by atoms with Crippen LogP contribution >= 0.6 is 0 Å². The van der Waals surface area contributed by atoms with E-state index in [1.54, 1.807) is 6.92 Å². The summed E-state index contributed by atoms with van der Waals surface area (Å²) in [7, 11) is 0. The molecule has 0 aliphatic heterocycles. The normalized spacial score (nSPS) is 11.7. The standard InChI is InChI=1S/C9H12N4O5/c1-3-18-9(15)5(2)12-8(14)6-7(13(16)17)11-4-10-6/h4-5H,3H2,1-2H3,(H,10,11)(H,12,14)/t5-/m1/s1. The van der Waals surface area contributed by atoms with Crippen LogP contribution in [0.1, 0.15) is 24.3 Å². The molecule has 0 aliphatic rings. The van der Waals surface area contributed by atoms with Gasteiger partial charge in [-0.05, 0) is 18.8 Å². The summed E-state index contributed by atoms with van der Waals surface area (Å²) in [6.07, 6.45) is 1.03. The number of imidazole rings is 1. The minimum atomic E-state index is -0.909. The molecule has 0 aromatic carbocycles. The minimum absolute atomic E-state index is 0.182. The van der Waals surface area contributed by atoms with E-state index < -0.39 is 28.7 Å². The molecule has 0 saturated carbocycles. The molecule has 1 rings (SSSR count). The maximum absolute atomic E-state index is 11.6. The van der Waals surface area contributed by atoms with Crippen molar-refractivity contribution < 1.29 is 19.2 Å². The maximum Gasteiger partial charge on any atom is 0.353 e. The smallest absolute Gasteiger partial charge is 0.353 e. The molecular weight excluding hydrogens is 244 g/mol. The number of nitrogens with one attached hydrogen (secondary N) is 2. The first kappa shape index (κ1) is 13.6. The van der Waals surface area contributed by atoms with E-state index in [0.29, 0.717) is 0 Å². The second-order valence-electron chi connectivity index (χ2n) is 3.30. The lowest BCUT2D eigenvalue weighted by atomic mass is 10.3. The third-order valence-electron chi connectivity index (χ3n) is 2.00. The van der Waals surface area contributed by atoms with Crippen LogP contribution in [-0.2, 0) is 9.53 Å². The van der Waals surface area contributed by atoms with Crippen molar-refractivity contribution in [3.05, 3.63) is 22.1 Å². The van der Waals surface area contributed by atoms with Gasteiger partial charge in [0.15, 0.2) is 6.33 Å². The molecule has 0 saturated heterocycles. The Morgan fingerprint density at radius 2 is 2.33 bits per heavy atom. The Kier molecular flexibility index (Phi) is 4.35. The van der Waals surface area contributed by atoms with Crippen LogP contribution in [0.25, 0.3) is 0 Å². The number of hydrogen-bond acceptors (Lipinski definition) is 6. The highest BCUT2D eigenvalue weighted by atomic mass is 16.6. The van der Waals surface area contributed by atoms with Crippen LogP contribution < -0.4 is 5.32 Å². The molecule has 1 aromatic rings. The third-order valence-corrected chi connectivity index (χ3v) is 2.00. The first-order valence-electron chi connectivity index (χ1n) is 5.12. The molecule has 0 fully saturated rings. The lowest BCUT2D eigenvalue weighted by Gasteiger charge is -2.11. The zero-order chi connectivity index (χ0) is 13.7. The molecule has 9 heteroatoms. The largest absolute Gasteiger partial charge is 0.464 e. The number of nitrogens with zero attached hydrogens (tertiary/aromatic N) is 2. The monoisotopic (exact) mass is 256 g/mol. The molecule has 0 aliphatic carbocycles. The van der Waals surface area contributed by atoms with Crippen molar-refractivity contribution in [1.29, 1.82) is 0 Å². The van der Waals surface area contributed by atoms with Gasteiger partial charge >= 0.3 is 11.8 Å². The molecular formula is C9H12N4O5. The van der Waals surface area contributed by atoms with Gasteiger partial charge in [0, 0.05) is 0 Å². The first-order chi connectivity index (χ1) is 8.47. The maximum atomic E-state index is 11.6. The van der Waals surface area contributed by atoms with Crippen LogP contribution in [0.3, 0.4) is 0 Å². The summed E-state index contributed by atoms with van der Waals surface area (Å²) < 4.78 is 4.68. The number of ether oxygens (including phenoxy) is 1. The molecule has 0 bridgehead atoms. The Balaban J connectivity index is 2.74. The van der Waals surface area contributed by atoms with E-state index in [9.17, 15) is 19.7 Å². The zero-order valence-electron chi connectivity index (χ0n) is 9.80. The number of esters is 1. The molecule has 0 radical (unpaired) electrons. The van der Waals surface area contributed by atoms with E-state index in [2.05, 4.69) is 20.0 Å². The van der Waals surface area contributed by atoms with Crippen molar-refractivity contribution in [3.63, 3.8) is 0 Å². The molecule has 1 aromatic heterocycles. The van der Waals surface area contributed by atoms with Gasteiger partial charge in [-0.15, -0.1) is 0 Å². The summed E-state index contributed by atoms with van der Waals surface area (Å²) in [5.74, 6) is -1.96. The summed E-state index contributed by atoms with van der Waals surface area (Å²) in [4.78, 5) is 38.5. The zero-order valence-corrected chi connectivity index (χ0v) is 9.80. The number of carbonyl (C=O) groups is 2. The van der Waals surface area contributed by atoms with Gasteiger partial charge in [0.05, 0.1) is 6.61 Å². The van der Waals surface area contributed by atoms with E-state index in [0.717, 1.165) is 6.33 Å². The van der Waals surface area contributed by atoms with Crippen molar-refractivity contribution in [3.8, 4) is 0 Å².